The van der Waals surface area contributed by atoms with E-state index in [-0.39, 0.29) is 12.3 Å². The van der Waals surface area contributed by atoms with E-state index in [4.69, 9.17) is 9.47 Å². The highest BCUT2D eigenvalue weighted by molar-refractivity contribution is 5.61. The molecule has 0 aromatic heterocycles. The summed E-state index contributed by atoms with van der Waals surface area (Å²) in [5.74, 6) is 0.275. The summed E-state index contributed by atoms with van der Waals surface area (Å²) in [6.45, 7) is 7.53. The van der Waals surface area contributed by atoms with Gasteiger partial charge in [-0.1, -0.05) is 13.8 Å². The Morgan fingerprint density at radius 3 is 2.43 bits per heavy atom. The number of carbonyl (C=O) groups is 2. The number of hydrogen-bond donors (Lipinski definition) is 0. The van der Waals surface area contributed by atoms with Crippen LogP contribution in [0.5, 0.6) is 0 Å². The van der Waals surface area contributed by atoms with Crippen molar-refractivity contribution in [2.24, 2.45) is 5.92 Å². The first-order valence-corrected chi connectivity index (χ1v) is 4.67. The molecule has 14 heavy (non-hydrogen) atoms. The van der Waals surface area contributed by atoms with E-state index in [1.165, 1.54) is 0 Å². The van der Waals surface area contributed by atoms with Crippen LogP contribution in [0.25, 0.3) is 0 Å². The van der Waals surface area contributed by atoms with Gasteiger partial charge in [0, 0.05) is 6.42 Å². The van der Waals surface area contributed by atoms with E-state index in [0.717, 1.165) is 6.29 Å². The van der Waals surface area contributed by atoms with Crippen LogP contribution in [0.3, 0.4) is 0 Å². The maximum atomic E-state index is 11.1. The van der Waals surface area contributed by atoms with E-state index in [9.17, 15) is 9.59 Å². The van der Waals surface area contributed by atoms with Crippen LogP contribution >= 0.6 is 0 Å². The van der Waals surface area contributed by atoms with E-state index in [2.05, 4.69) is 0 Å². The highest BCUT2D eigenvalue weighted by atomic mass is 16.7. The number of hydrogen-bond acceptors (Lipinski definition) is 4. The van der Waals surface area contributed by atoms with E-state index < -0.39 is 11.8 Å². The Bertz CT molecular complexity index is 196. The van der Waals surface area contributed by atoms with Gasteiger partial charge in [-0.2, -0.15) is 0 Å². The molecule has 0 N–H and O–H groups in total. The summed E-state index contributed by atoms with van der Waals surface area (Å²) in [4.78, 5) is 21.3. The molecule has 0 spiro atoms. The van der Waals surface area contributed by atoms with Gasteiger partial charge in [0.05, 0.1) is 6.61 Å². The summed E-state index contributed by atoms with van der Waals surface area (Å²) in [7, 11) is 0. The highest BCUT2D eigenvalue weighted by Gasteiger charge is 2.23. The maximum Gasteiger partial charge on any atom is 0.508 e. The second kappa shape index (κ2) is 5.62. The Balaban J connectivity index is 3.86. The predicted molar refractivity (Wildman–Crippen MR) is 52.0 cm³/mol. The lowest BCUT2D eigenvalue weighted by atomic mass is 10.1. The molecule has 0 aromatic rings. The molecule has 0 atom stereocenters. The molecule has 0 aromatic carbocycles. The zero-order chi connectivity index (χ0) is 11.2. The number of rotatable bonds is 5. The normalized spacial score (nSPS) is 11.2. The van der Waals surface area contributed by atoms with Gasteiger partial charge < -0.3 is 14.3 Å². The van der Waals surface area contributed by atoms with Crippen molar-refractivity contribution in [3.8, 4) is 0 Å². The van der Waals surface area contributed by atoms with Crippen molar-refractivity contribution < 1.29 is 19.1 Å². The molecule has 0 saturated heterocycles. The smallest absolute Gasteiger partial charge is 0.434 e. The molecular weight excluding hydrogens is 184 g/mol. The van der Waals surface area contributed by atoms with Crippen molar-refractivity contribution in [2.75, 3.05) is 6.61 Å². The molecule has 0 fully saturated rings. The van der Waals surface area contributed by atoms with Crippen LogP contribution < -0.4 is 0 Å². The zero-order valence-corrected chi connectivity index (χ0v) is 9.20. The van der Waals surface area contributed by atoms with Crippen LogP contribution in [0, 0.1) is 5.92 Å². The number of aldehydes is 1. The lowest BCUT2D eigenvalue weighted by molar-refractivity contribution is -0.112. The van der Waals surface area contributed by atoms with Crippen molar-refractivity contribution in [1.29, 1.82) is 0 Å². The summed E-state index contributed by atoms with van der Waals surface area (Å²) in [5, 5.41) is 0. The highest BCUT2D eigenvalue weighted by Crippen LogP contribution is 2.13. The molecule has 0 radical (unpaired) electrons. The molecule has 4 nitrogen and oxygen atoms in total. The molecule has 4 heteroatoms. The second-order valence-electron chi connectivity index (χ2n) is 4.19. The molecule has 0 heterocycles. The van der Waals surface area contributed by atoms with Crippen LogP contribution in [0.15, 0.2) is 0 Å². The fourth-order valence-corrected chi connectivity index (χ4v) is 0.732. The quantitative estimate of drug-likeness (QED) is 0.506. The lowest BCUT2D eigenvalue weighted by Crippen LogP contribution is -2.29. The molecule has 0 unspecified atom stereocenters. The van der Waals surface area contributed by atoms with Gasteiger partial charge in [-0.05, 0) is 19.8 Å². The van der Waals surface area contributed by atoms with E-state index >= 15 is 0 Å². The van der Waals surface area contributed by atoms with Crippen molar-refractivity contribution in [1.82, 2.24) is 0 Å². The molecule has 0 aliphatic heterocycles. The fraction of sp³-hybridized carbons (Fsp3) is 0.800. The average Bonchev–Trinajstić information content (AvgIpc) is 1.99. The first-order chi connectivity index (χ1) is 6.37. The monoisotopic (exact) mass is 202 g/mol. The van der Waals surface area contributed by atoms with Crippen molar-refractivity contribution in [3.05, 3.63) is 0 Å². The molecule has 0 rings (SSSR count). The van der Waals surface area contributed by atoms with Crippen LogP contribution in [0.2, 0.25) is 0 Å². The fourth-order valence-electron chi connectivity index (χ4n) is 0.732. The van der Waals surface area contributed by atoms with Gasteiger partial charge in [0.2, 0.25) is 0 Å². The summed E-state index contributed by atoms with van der Waals surface area (Å²) in [6.07, 6.45) is 0.171. The Morgan fingerprint density at radius 1 is 1.43 bits per heavy atom. The van der Waals surface area contributed by atoms with Crippen molar-refractivity contribution in [3.63, 3.8) is 0 Å². The predicted octanol–water partition coefficient (Wildman–Crippen LogP) is 2.16. The van der Waals surface area contributed by atoms with Crippen LogP contribution in [-0.2, 0) is 14.3 Å². The molecule has 0 saturated carbocycles. The second-order valence-corrected chi connectivity index (χ2v) is 4.19. The van der Waals surface area contributed by atoms with Gasteiger partial charge in [-0.15, -0.1) is 0 Å². The Morgan fingerprint density at radius 2 is 2.00 bits per heavy atom. The molecule has 82 valence electrons. The Kier molecular flexibility index (Phi) is 5.20. The largest absolute Gasteiger partial charge is 0.508 e. The number of ether oxygens (including phenoxy) is 2. The van der Waals surface area contributed by atoms with Crippen molar-refractivity contribution in [2.45, 2.75) is 39.7 Å². The van der Waals surface area contributed by atoms with Gasteiger partial charge in [-0.3, -0.25) is 0 Å². The van der Waals surface area contributed by atoms with Gasteiger partial charge in [0.25, 0.3) is 0 Å². The molecule has 0 bridgehead atoms. The third-order valence-electron chi connectivity index (χ3n) is 1.47. The summed E-state index contributed by atoms with van der Waals surface area (Å²) in [6, 6.07) is 0. The average molecular weight is 202 g/mol. The van der Waals surface area contributed by atoms with E-state index in [0.29, 0.717) is 6.61 Å². The first kappa shape index (κ1) is 12.9. The van der Waals surface area contributed by atoms with Gasteiger partial charge >= 0.3 is 6.16 Å². The van der Waals surface area contributed by atoms with Crippen LogP contribution in [0.1, 0.15) is 34.1 Å². The Labute approximate surface area is 84.6 Å². The molecule has 0 aliphatic rings. The third kappa shape index (κ3) is 6.46. The Hall–Kier alpha value is -1.06. The molecular formula is C10H18O4. The molecule has 0 amide bonds. The topological polar surface area (TPSA) is 52.6 Å². The number of carbonyl (C=O) groups excluding carboxylic acids is 2. The summed E-state index contributed by atoms with van der Waals surface area (Å²) in [5.41, 5.74) is -0.782. The van der Waals surface area contributed by atoms with E-state index in [1.807, 2.05) is 13.8 Å². The molecule has 0 aliphatic carbocycles. The van der Waals surface area contributed by atoms with Crippen LogP contribution in [-0.4, -0.2) is 24.6 Å². The zero-order valence-electron chi connectivity index (χ0n) is 9.20. The minimum Gasteiger partial charge on any atom is -0.434 e. The van der Waals surface area contributed by atoms with Crippen LogP contribution in [0.4, 0.5) is 4.79 Å². The summed E-state index contributed by atoms with van der Waals surface area (Å²) < 4.78 is 9.74. The standard InChI is InChI=1S/C10H18O4/c1-8(2)7-13-9(12)14-10(3,4)5-6-11/h6,8H,5,7H2,1-4H3. The van der Waals surface area contributed by atoms with Gasteiger partial charge in [0.1, 0.15) is 11.9 Å². The SMILES string of the molecule is CC(C)COC(=O)OC(C)(C)CC=O. The maximum absolute atomic E-state index is 11.1. The first-order valence-electron chi connectivity index (χ1n) is 4.67. The summed E-state index contributed by atoms with van der Waals surface area (Å²) >= 11 is 0. The van der Waals surface area contributed by atoms with Gasteiger partial charge in [0.15, 0.2) is 0 Å². The van der Waals surface area contributed by atoms with Gasteiger partial charge in [-0.25, -0.2) is 4.79 Å². The van der Waals surface area contributed by atoms with Crippen molar-refractivity contribution >= 4 is 12.4 Å². The minimum absolute atomic E-state index is 0.170. The van der Waals surface area contributed by atoms with E-state index in [1.54, 1.807) is 13.8 Å². The minimum atomic E-state index is -0.782. The lowest BCUT2D eigenvalue weighted by Gasteiger charge is -2.22. The third-order valence-corrected chi connectivity index (χ3v) is 1.47.